The van der Waals surface area contributed by atoms with Crippen molar-refractivity contribution >= 4 is 23.4 Å². The monoisotopic (exact) mass is 220 g/mol. The topological polar surface area (TPSA) is 120 Å². The lowest BCUT2D eigenvalue weighted by atomic mass is 9.99. The Labute approximate surface area is 90.2 Å². The van der Waals surface area contributed by atoms with Gasteiger partial charge in [-0.3, -0.25) is 19.2 Å². The molecular formula is C10H8N2O4. The van der Waals surface area contributed by atoms with Gasteiger partial charge in [0.15, 0.2) is 0 Å². The minimum absolute atomic E-state index is 0.223. The summed E-state index contributed by atoms with van der Waals surface area (Å²) in [5, 5.41) is 0. The normalized spacial score (nSPS) is 9.50. The molecule has 1 aromatic rings. The Kier molecular flexibility index (Phi) is 3.14. The van der Waals surface area contributed by atoms with Gasteiger partial charge < -0.3 is 11.5 Å². The molecule has 0 aliphatic rings. The van der Waals surface area contributed by atoms with Crippen LogP contribution in [0.3, 0.4) is 0 Å². The first-order valence-corrected chi connectivity index (χ1v) is 4.22. The second-order valence-corrected chi connectivity index (χ2v) is 2.93. The maximum Gasteiger partial charge on any atom is 0.289 e. The van der Waals surface area contributed by atoms with Crippen molar-refractivity contribution < 1.29 is 19.2 Å². The van der Waals surface area contributed by atoms with Gasteiger partial charge in [-0.2, -0.15) is 0 Å². The highest BCUT2D eigenvalue weighted by Crippen LogP contribution is 2.10. The van der Waals surface area contributed by atoms with E-state index in [0.717, 1.165) is 0 Å². The average molecular weight is 220 g/mol. The number of carbonyl (C=O) groups excluding carboxylic acids is 4. The Bertz CT molecular complexity index is 448. The fourth-order valence-electron chi connectivity index (χ4n) is 1.14. The van der Waals surface area contributed by atoms with Crippen LogP contribution < -0.4 is 11.5 Å². The Morgan fingerprint density at radius 2 is 1.06 bits per heavy atom. The SMILES string of the molecule is NC(=O)C(=O)c1ccccc1C(=O)C(N)=O. The first kappa shape index (κ1) is 11.6. The molecule has 82 valence electrons. The van der Waals surface area contributed by atoms with Gasteiger partial charge in [0.05, 0.1) is 0 Å². The molecule has 2 amide bonds. The van der Waals surface area contributed by atoms with Crippen molar-refractivity contribution in [1.82, 2.24) is 0 Å². The standard InChI is InChI=1S/C10H8N2O4/c11-9(15)7(13)5-3-1-2-4-6(5)8(14)10(12)16/h1-4H,(H2,11,15)(H2,12,16). The van der Waals surface area contributed by atoms with E-state index in [-0.39, 0.29) is 11.1 Å². The van der Waals surface area contributed by atoms with Crippen molar-refractivity contribution in [3.05, 3.63) is 35.4 Å². The molecule has 0 saturated carbocycles. The first-order chi connectivity index (χ1) is 7.45. The van der Waals surface area contributed by atoms with Crippen molar-refractivity contribution in [2.75, 3.05) is 0 Å². The number of primary amides is 2. The van der Waals surface area contributed by atoms with Crippen molar-refractivity contribution in [2.24, 2.45) is 11.5 Å². The molecular weight excluding hydrogens is 212 g/mol. The van der Waals surface area contributed by atoms with Crippen LogP contribution >= 0.6 is 0 Å². The number of amides is 2. The third kappa shape index (κ3) is 2.11. The molecule has 0 aliphatic heterocycles. The number of benzene rings is 1. The first-order valence-electron chi connectivity index (χ1n) is 4.22. The highest BCUT2D eigenvalue weighted by atomic mass is 16.2. The zero-order valence-corrected chi connectivity index (χ0v) is 8.10. The molecule has 0 unspecified atom stereocenters. The predicted molar refractivity (Wildman–Crippen MR) is 53.5 cm³/mol. The van der Waals surface area contributed by atoms with Crippen LogP contribution in [0.25, 0.3) is 0 Å². The number of Topliss-reactive ketones (excluding diaryl/α,β-unsaturated/α-hetero) is 2. The summed E-state index contributed by atoms with van der Waals surface area (Å²) in [6.45, 7) is 0. The van der Waals surface area contributed by atoms with Crippen molar-refractivity contribution in [3.63, 3.8) is 0 Å². The summed E-state index contributed by atoms with van der Waals surface area (Å²) < 4.78 is 0. The van der Waals surface area contributed by atoms with Gasteiger partial charge in [-0.05, 0) is 0 Å². The van der Waals surface area contributed by atoms with Gasteiger partial charge in [-0.1, -0.05) is 24.3 Å². The summed E-state index contributed by atoms with van der Waals surface area (Å²) >= 11 is 0. The van der Waals surface area contributed by atoms with Gasteiger partial charge in [0.25, 0.3) is 23.4 Å². The van der Waals surface area contributed by atoms with Gasteiger partial charge in [0, 0.05) is 11.1 Å². The lowest BCUT2D eigenvalue weighted by Gasteiger charge is -2.03. The van der Waals surface area contributed by atoms with Crippen LogP contribution in [-0.2, 0) is 9.59 Å². The van der Waals surface area contributed by atoms with Crippen LogP contribution in [0.4, 0.5) is 0 Å². The van der Waals surface area contributed by atoms with E-state index in [1.165, 1.54) is 24.3 Å². The van der Waals surface area contributed by atoms with Crippen LogP contribution in [0, 0.1) is 0 Å². The Balaban J connectivity index is 3.31. The predicted octanol–water partition coefficient (Wildman–Crippen LogP) is -0.977. The van der Waals surface area contributed by atoms with Crippen LogP contribution in [0.15, 0.2) is 24.3 Å². The average Bonchev–Trinajstić information content (AvgIpc) is 2.26. The molecule has 0 aliphatic carbocycles. The van der Waals surface area contributed by atoms with Crippen LogP contribution in [0.5, 0.6) is 0 Å². The second-order valence-electron chi connectivity index (χ2n) is 2.93. The Morgan fingerprint density at radius 1 is 0.750 bits per heavy atom. The third-order valence-electron chi connectivity index (χ3n) is 1.86. The largest absolute Gasteiger partial charge is 0.363 e. The summed E-state index contributed by atoms with van der Waals surface area (Å²) in [7, 11) is 0. The van der Waals surface area contributed by atoms with E-state index < -0.39 is 23.4 Å². The van der Waals surface area contributed by atoms with Crippen LogP contribution in [-0.4, -0.2) is 23.4 Å². The summed E-state index contributed by atoms with van der Waals surface area (Å²) in [5.74, 6) is -4.48. The minimum atomic E-state index is -1.20. The molecule has 6 heteroatoms. The number of nitrogens with two attached hydrogens (primary N) is 2. The van der Waals surface area contributed by atoms with Gasteiger partial charge in [0.1, 0.15) is 0 Å². The maximum absolute atomic E-state index is 11.3. The Morgan fingerprint density at radius 3 is 1.31 bits per heavy atom. The van der Waals surface area contributed by atoms with E-state index in [1.54, 1.807) is 0 Å². The summed E-state index contributed by atoms with van der Waals surface area (Å²) in [6.07, 6.45) is 0. The zero-order valence-electron chi connectivity index (χ0n) is 8.10. The lowest BCUT2D eigenvalue weighted by Crippen LogP contribution is -2.28. The quantitative estimate of drug-likeness (QED) is 0.500. The molecule has 0 radical (unpaired) electrons. The summed E-state index contributed by atoms with van der Waals surface area (Å²) in [6, 6.07) is 5.33. The molecule has 0 spiro atoms. The molecule has 0 aromatic heterocycles. The number of ketones is 2. The maximum atomic E-state index is 11.3. The van der Waals surface area contributed by atoms with E-state index in [9.17, 15) is 19.2 Å². The van der Waals surface area contributed by atoms with Gasteiger partial charge in [0.2, 0.25) is 0 Å². The molecule has 0 atom stereocenters. The molecule has 16 heavy (non-hydrogen) atoms. The molecule has 0 saturated heterocycles. The lowest BCUT2D eigenvalue weighted by molar-refractivity contribution is -0.114. The van der Waals surface area contributed by atoms with E-state index in [4.69, 9.17) is 11.5 Å². The van der Waals surface area contributed by atoms with Crippen molar-refractivity contribution in [3.8, 4) is 0 Å². The van der Waals surface area contributed by atoms with Crippen LogP contribution in [0.2, 0.25) is 0 Å². The molecule has 4 N–H and O–H groups in total. The molecule has 1 aromatic carbocycles. The molecule has 0 fully saturated rings. The number of hydrogen-bond acceptors (Lipinski definition) is 4. The highest BCUT2D eigenvalue weighted by Gasteiger charge is 2.22. The highest BCUT2D eigenvalue weighted by molar-refractivity contribution is 6.48. The summed E-state index contributed by atoms with van der Waals surface area (Å²) in [4.78, 5) is 44.0. The number of hydrogen-bond donors (Lipinski definition) is 2. The minimum Gasteiger partial charge on any atom is -0.363 e. The van der Waals surface area contributed by atoms with Crippen molar-refractivity contribution in [2.45, 2.75) is 0 Å². The van der Waals surface area contributed by atoms with E-state index >= 15 is 0 Å². The van der Waals surface area contributed by atoms with Gasteiger partial charge in [-0.15, -0.1) is 0 Å². The Hall–Kier alpha value is -2.50. The number of carbonyl (C=O) groups is 4. The number of rotatable bonds is 4. The fourth-order valence-corrected chi connectivity index (χ4v) is 1.14. The molecule has 6 nitrogen and oxygen atoms in total. The molecule has 0 heterocycles. The van der Waals surface area contributed by atoms with E-state index in [0.29, 0.717) is 0 Å². The smallest absolute Gasteiger partial charge is 0.289 e. The second kappa shape index (κ2) is 4.35. The fraction of sp³-hybridized carbons (Fsp3) is 0. The van der Waals surface area contributed by atoms with Gasteiger partial charge in [-0.25, -0.2) is 0 Å². The van der Waals surface area contributed by atoms with E-state index in [1.807, 2.05) is 0 Å². The third-order valence-corrected chi connectivity index (χ3v) is 1.86. The zero-order chi connectivity index (χ0) is 12.3. The molecule has 0 bridgehead atoms. The van der Waals surface area contributed by atoms with Crippen molar-refractivity contribution in [1.29, 1.82) is 0 Å². The van der Waals surface area contributed by atoms with E-state index in [2.05, 4.69) is 0 Å². The summed E-state index contributed by atoms with van der Waals surface area (Å²) in [5.41, 5.74) is 9.15. The molecule has 1 rings (SSSR count). The van der Waals surface area contributed by atoms with Crippen LogP contribution in [0.1, 0.15) is 20.7 Å². The van der Waals surface area contributed by atoms with Gasteiger partial charge >= 0.3 is 0 Å².